The van der Waals surface area contributed by atoms with Crippen LogP contribution in [0.25, 0.3) is 0 Å². The number of carbonyl (C=O) groups is 2. The second-order valence-electron chi connectivity index (χ2n) is 9.32. The van der Waals surface area contributed by atoms with Crippen molar-refractivity contribution in [2.24, 2.45) is 0 Å². The van der Waals surface area contributed by atoms with Crippen molar-refractivity contribution in [3.05, 3.63) is 77.1 Å². The van der Waals surface area contributed by atoms with E-state index in [1.165, 1.54) is 18.3 Å². The predicted octanol–water partition coefficient (Wildman–Crippen LogP) is 6.85. The monoisotopic (exact) mass is 592 g/mol. The first-order chi connectivity index (χ1) is 19.5. The zero-order chi connectivity index (χ0) is 29.5. The predicted molar refractivity (Wildman–Crippen MR) is 146 cm³/mol. The molecule has 1 fully saturated rings. The Morgan fingerprint density at radius 2 is 1.66 bits per heavy atom. The highest BCUT2D eigenvalue weighted by Gasteiger charge is 2.33. The van der Waals surface area contributed by atoms with Crippen molar-refractivity contribution in [2.45, 2.75) is 38.1 Å². The highest BCUT2D eigenvalue weighted by Crippen LogP contribution is 2.36. The first kappa shape index (κ1) is 30.1. The lowest BCUT2D eigenvalue weighted by Crippen LogP contribution is -2.27. The number of pyridine rings is 1. The molecule has 3 amide bonds. The Morgan fingerprint density at radius 1 is 0.976 bits per heavy atom. The number of anilines is 2. The molecule has 3 N–H and O–H groups in total. The van der Waals surface area contributed by atoms with Gasteiger partial charge in [-0.05, 0) is 68.3 Å². The van der Waals surface area contributed by atoms with E-state index in [0.29, 0.717) is 36.9 Å². The molecule has 3 aromatic rings. The van der Waals surface area contributed by atoms with Gasteiger partial charge in [-0.25, -0.2) is 4.79 Å². The number of hydrogen-bond donors (Lipinski definition) is 3. The topological polar surface area (TPSA) is 111 Å². The molecule has 0 atom stereocenters. The van der Waals surface area contributed by atoms with E-state index >= 15 is 0 Å². The number of rotatable bonds is 10. The molecule has 1 aliphatic rings. The van der Waals surface area contributed by atoms with Gasteiger partial charge in [0.25, 0.3) is 5.91 Å². The van der Waals surface area contributed by atoms with Crippen LogP contribution < -0.4 is 20.7 Å². The summed E-state index contributed by atoms with van der Waals surface area (Å²) >= 11 is 5.61. The normalized spacial score (nSPS) is 14.4. The molecule has 9 nitrogen and oxygen atoms in total. The lowest BCUT2D eigenvalue weighted by molar-refractivity contribution is -0.147. The molecular formula is C28H28ClF3N4O5. The van der Waals surface area contributed by atoms with E-state index in [1.807, 2.05) is 6.92 Å². The summed E-state index contributed by atoms with van der Waals surface area (Å²) in [5.41, 5.74) is -0.554. The molecular weight excluding hydrogens is 565 g/mol. The van der Waals surface area contributed by atoms with Crippen molar-refractivity contribution in [3.63, 3.8) is 0 Å². The fourth-order valence-electron chi connectivity index (χ4n) is 4.02. The quantitative estimate of drug-likeness (QED) is 0.222. The Kier molecular flexibility index (Phi) is 9.69. The van der Waals surface area contributed by atoms with Crippen LogP contribution in [-0.2, 0) is 15.7 Å². The van der Waals surface area contributed by atoms with Crippen LogP contribution >= 0.6 is 11.6 Å². The number of hydrogen-bond acceptors (Lipinski definition) is 6. The van der Waals surface area contributed by atoms with Crippen LogP contribution in [0.3, 0.4) is 0 Å². The molecule has 1 aliphatic heterocycles. The van der Waals surface area contributed by atoms with Gasteiger partial charge in [0, 0.05) is 36.6 Å². The molecule has 0 unspecified atom stereocenters. The van der Waals surface area contributed by atoms with Gasteiger partial charge in [0.05, 0.1) is 23.8 Å². The second kappa shape index (κ2) is 13.2. The fourth-order valence-corrected chi connectivity index (χ4v) is 4.24. The van der Waals surface area contributed by atoms with Gasteiger partial charge in [0.15, 0.2) is 5.79 Å². The van der Waals surface area contributed by atoms with Gasteiger partial charge in [-0.1, -0.05) is 11.6 Å². The number of alkyl halides is 3. The Labute approximate surface area is 239 Å². The van der Waals surface area contributed by atoms with Gasteiger partial charge in [-0.15, -0.1) is 0 Å². The largest absolute Gasteiger partial charge is 0.457 e. The van der Waals surface area contributed by atoms with E-state index in [9.17, 15) is 22.8 Å². The third-order valence-electron chi connectivity index (χ3n) is 6.08. The molecule has 218 valence electrons. The number of nitrogens with zero attached hydrogens (tertiary/aromatic N) is 1. The number of amides is 3. The van der Waals surface area contributed by atoms with Gasteiger partial charge in [0.1, 0.15) is 17.2 Å². The maximum Gasteiger partial charge on any atom is 0.417 e. The smallest absolute Gasteiger partial charge is 0.417 e. The van der Waals surface area contributed by atoms with E-state index < -0.39 is 28.6 Å². The molecule has 4 rings (SSSR count). The number of nitrogens with one attached hydrogen (secondary N) is 3. The number of halogens is 4. The molecule has 2 heterocycles. The van der Waals surface area contributed by atoms with E-state index in [1.54, 1.807) is 30.3 Å². The molecule has 2 aromatic carbocycles. The number of benzene rings is 2. The molecule has 1 aromatic heterocycles. The maximum atomic E-state index is 13.0. The zero-order valence-corrected chi connectivity index (χ0v) is 22.8. The molecule has 0 bridgehead atoms. The van der Waals surface area contributed by atoms with E-state index in [0.717, 1.165) is 31.4 Å². The SMILES string of the molecule is CC1(CCCCNC(=O)c2cc(Oc3ccc(NC(=O)Nc4ccc(Cl)c(C(F)(F)F)c4)cc3)ccn2)OCCO1. The van der Waals surface area contributed by atoms with Gasteiger partial charge >= 0.3 is 12.2 Å². The molecule has 41 heavy (non-hydrogen) atoms. The number of urea groups is 1. The minimum absolute atomic E-state index is 0.0701. The number of carbonyl (C=O) groups excluding carboxylic acids is 2. The summed E-state index contributed by atoms with van der Waals surface area (Å²) in [6, 6.07) is 11.7. The van der Waals surface area contributed by atoms with Crippen LogP contribution in [0.1, 0.15) is 42.2 Å². The van der Waals surface area contributed by atoms with Gasteiger partial charge in [0.2, 0.25) is 0 Å². The standard InChI is InChI=1S/C28H28ClF3N4O5/c1-27(39-14-15-40-27)11-2-3-12-34-25(37)24-17-21(10-13-33-24)41-20-7-4-18(5-8-20)35-26(38)36-19-6-9-23(29)22(16-19)28(30,31)32/h4-10,13,16-17H,2-3,11-12,14-15H2,1H3,(H,34,37)(H2,35,36,38). The number of unbranched alkanes of at least 4 members (excludes halogenated alkanes) is 1. The summed E-state index contributed by atoms with van der Waals surface area (Å²) in [6.07, 6.45) is -0.855. The van der Waals surface area contributed by atoms with Crippen molar-refractivity contribution < 1.29 is 37.0 Å². The zero-order valence-electron chi connectivity index (χ0n) is 22.0. The van der Waals surface area contributed by atoms with Crippen LogP contribution in [0, 0.1) is 0 Å². The molecule has 1 saturated heterocycles. The van der Waals surface area contributed by atoms with Crippen molar-refractivity contribution in [1.29, 1.82) is 0 Å². The average molecular weight is 593 g/mol. The summed E-state index contributed by atoms with van der Waals surface area (Å²) in [5, 5.41) is 7.24. The number of ether oxygens (including phenoxy) is 3. The van der Waals surface area contributed by atoms with Crippen LogP contribution in [0.5, 0.6) is 11.5 Å². The van der Waals surface area contributed by atoms with Crippen LogP contribution in [-0.4, -0.2) is 42.5 Å². The van der Waals surface area contributed by atoms with Crippen molar-refractivity contribution in [1.82, 2.24) is 10.3 Å². The Bertz CT molecular complexity index is 1370. The third kappa shape index (κ3) is 8.81. The molecule has 0 saturated carbocycles. The van der Waals surface area contributed by atoms with Crippen molar-refractivity contribution in [2.75, 3.05) is 30.4 Å². The Morgan fingerprint density at radius 3 is 2.37 bits per heavy atom. The van der Waals surface area contributed by atoms with Crippen LogP contribution in [0.2, 0.25) is 5.02 Å². The first-order valence-electron chi connectivity index (χ1n) is 12.8. The second-order valence-corrected chi connectivity index (χ2v) is 9.73. The van der Waals surface area contributed by atoms with Gasteiger partial charge in [-0.2, -0.15) is 13.2 Å². The first-order valence-corrected chi connectivity index (χ1v) is 13.1. The fraction of sp³-hybridized carbons (Fsp3) is 0.321. The van der Waals surface area contributed by atoms with Crippen LogP contribution in [0.4, 0.5) is 29.3 Å². The van der Waals surface area contributed by atoms with Crippen molar-refractivity contribution in [3.8, 4) is 11.5 Å². The Hall–Kier alpha value is -3.87. The van der Waals surface area contributed by atoms with Gasteiger partial charge in [-0.3, -0.25) is 9.78 Å². The minimum Gasteiger partial charge on any atom is -0.457 e. The highest BCUT2D eigenvalue weighted by molar-refractivity contribution is 6.31. The molecule has 0 radical (unpaired) electrons. The minimum atomic E-state index is -4.65. The summed E-state index contributed by atoms with van der Waals surface area (Å²) in [6.45, 7) is 3.58. The van der Waals surface area contributed by atoms with E-state index in [2.05, 4.69) is 20.9 Å². The molecule has 13 heteroatoms. The average Bonchev–Trinajstić information content (AvgIpc) is 3.36. The summed E-state index contributed by atoms with van der Waals surface area (Å²) in [5.74, 6) is -0.0655. The van der Waals surface area contributed by atoms with Gasteiger partial charge < -0.3 is 30.2 Å². The lowest BCUT2D eigenvalue weighted by Gasteiger charge is -2.21. The van der Waals surface area contributed by atoms with E-state index in [4.69, 9.17) is 25.8 Å². The van der Waals surface area contributed by atoms with E-state index in [-0.39, 0.29) is 17.3 Å². The molecule has 0 aliphatic carbocycles. The van der Waals surface area contributed by atoms with Crippen molar-refractivity contribution >= 4 is 34.9 Å². The Balaban J connectivity index is 1.25. The summed E-state index contributed by atoms with van der Waals surface area (Å²) in [4.78, 5) is 28.9. The maximum absolute atomic E-state index is 13.0. The molecule has 0 spiro atoms. The summed E-state index contributed by atoms with van der Waals surface area (Å²) in [7, 11) is 0. The highest BCUT2D eigenvalue weighted by atomic mass is 35.5. The lowest BCUT2D eigenvalue weighted by atomic mass is 10.1. The third-order valence-corrected chi connectivity index (χ3v) is 6.41. The van der Waals surface area contributed by atoms with Crippen LogP contribution in [0.15, 0.2) is 60.8 Å². The summed E-state index contributed by atoms with van der Waals surface area (Å²) < 4.78 is 56.1. The number of aromatic nitrogens is 1.